The number of rotatable bonds is 3. The van der Waals surface area contributed by atoms with E-state index in [1.807, 2.05) is 6.07 Å². The fourth-order valence-electron chi connectivity index (χ4n) is 5.10. The van der Waals surface area contributed by atoms with Crippen LogP contribution < -0.4 is 10.2 Å². The van der Waals surface area contributed by atoms with E-state index in [1.165, 1.54) is 5.56 Å². The van der Waals surface area contributed by atoms with Gasteiger partial charge in [-0.25, -0.2) is 0 Å². The number of benzene rings is 4. The minimum Gasteiger partial charge on any atom is -0.507 e. The van der Waals surface area contributed by atoms with Crippen LogP contribution in [0.25, 0.3) is 11.1 Å². The lowest BCUT2D eigenvalue weighted by atomic mass is 9.78. The van der Waals surface area contributed by atoms with E-state index in [4.69, 9.17) is 0 Å². The van der Waals surface area contributed by atoms with Crippen LogP contribution in [0.4, 0.5) is 17.1 Å². The lowest BCUT2D eigenvalue weighted by Gasteiger charge is -2.33. The Morgan fingerprint density at radius 1 is 0.757 bits per heavy atom. The second-order valence-corrected chi connectivity index (χ2v) is 12.7. The van der Waals surface area contributed by atoms with Gasteiger partial charge in [0.05, 0.1) is 17.1 Å². The molecule has 0 fully saturated rings. The second-order valence-electron chi connectivity index (χ2n) is 11.9. The molecular formula is C33H35BrN2O. The molecule has 1 atom stereocenters. The van der Waals surface area contributed by atoms with Crippen LogP contribution in [0.5, 0.6) is 5.75 Å². The standard InChI is InChI=1S/C33H35BrN2O/c1-32(2,3)22-19-24(30(37)25(20-22)33(4,5)6)31-35-29-26(34)16-12-18-28(29)36(31)27-17-11-10-15-23(27)21-13-8-7-9-14-21/h7-20,31,35,37H,1-6H3. The van der Waals surface area contributed by atoms with Crippen molar-refractivity contribution < 1.29 is 5.11 Å². The maximum Gasteiger partial charge on any atom is 0.134 e. The van der Waals surface area contributed by atoms with Crippen LogP contribution >= 0.6 is 15.9 Å². The van der Waals surface area contributed by atoms with Gasteiger partial charge in [-0.3, -0.25) is 0 Å². The highest BCUT2D eigenvalue weighted by atomic mass is 79.9. The molecular weight excluding hydrogens is 520 g/mol. The van der Waals surface area contributed by atoms with Gasteiger partial charge in [0.1, 0.15) is 11.9 Å². The van der Waals surface area contributed by atoms with Gasteiger partial charge < -0.3 is 15.3 Å². The third kappa shape index (κ3) is 4.64. The summed E-state index contributed by atoms with van der Waals surface area (Å²) in [6, 6.07) is 29.6. The second kappa shape index (κ2) is 9.25. The SMILES string of the molecule is CC(C)(C)c1cc(C2Nc3c(Br)cccc3N2c2ccccc2-c2ccccc2)c(O)c(C(C)(C)C)c1. The molecule has 1 aliphatic heterocycles. The summed E-state index contributed by atoms with van der Waals surface area (Å²) in [6.45, 7) is 13.2. The highest BCUT2D eigenvalue weighted by Gasteiger charge is 2.37. The van der Waals surface area contributed by atoms with Crippen molar-refractivity contribution in [3.8, 4) is 16.9 Å². The summed E-state index contributed by atoms with van der Waals surface area (Å²) in [6.07, 6.45) is -0.290. The molecule has 0 aliphatic carbocycles. The van der Waals surface area contributed by atoms with Crippen molar-refractivity contribution in [3.05, 3.63) is 106 Å². The summed E-state index contributed by atoms with van der Waals surface area (Å²) in [5.41, 5.74) is 8.24. The number of nitrogens with one attached hydrogen (secondary N) is 1. The maximum absolute atomic E-state index is 11.8. The summed E-state index contributed by atoms with van der Waals surface area (Å²) in [5, 5.41) is 15.6. The molecule has 3 nitrogen and oxygen atoms in total. The summed E-state index contributed by atoms with van der Waals surface area (Å²) in [7, 11) is 0. The first kappa shape index (κ1) is 25.4. The van der Waals surface area contributed by atoms with Gasteiger partial charge in [-0.2, -0.15) is 0 Å². The normalized spacial score (nSPS) is 15.4. The molecule has 0 spiro atoms. The third-order valence-corrected chi connectivity index (χ3v) is 7.81. The fourth-order valence-corrected chi connectivity index (χ4v) is 5.57. The molecule has 0 saturated heterocycles. The number of fused-ring (bicyclic) bond motifs is 1. The van der Waals surface area contributed by atoms with E-state index in [0.29, 0.717) is 5.75 Å². The summed E-state index contributed by atoms with van der Waals surface area (Å²) >= 11 is 3.77. The number of para-hydroxylation sites is 2. The predicted octanol–water partition coefficient (Wildman–Crippen LogP) is 9.68. The summed E-state index contributed by atoms with van der Waals surface area (Å²) < 4.78 is 0.997. The molecule has 4 aromatic carbocycles. The Bertz CT molecular complexity index is 1450. The van der Waals surface area contributed by atoms with Gasteiger partial charge in [-0.05, 0) is 67.7 Å². The molecule has 2 N–H and O–H groups in total. The van der Waals surface area contributed by atoms with Crippen molar-refractivity contribution in [1.82, 2.24) is 0 Å². The van der Waals surface area contributed by atoms with Crippen LogP contribution in [-0.4, -0.2) is 5.11 Å². The van der Waals surface area contributed by atoms with Gasteiger partial charge in [-0.15, -0.1) is 0 Å². The van der Waals surface area contributed by atoms with Crippen LogP contribution in [0.1, 0.15) is 64.4 Å². The van der Waals surface area contributed by atoms with Crippen LogP contribution in [0, 0.1) is 0 Å². The van der Waals surface area contributed by atoms with Crippen LogP contribution in [0.3, 0.4) is 0 Å². The molecule has 0 saturated carbocycles. The van der Waals surface area contributed by atoms with E-state index in [1.54, 1.807) is 0 Å². The van der Waals surface area contributed by atoms with E-state index in [2.05, 4.69) is 147 Å². The van der Waals surface area contributed by atoms with Crippen molar-refractivity contribution in [2.45, 2.75) is 58.5 Å². The smallest absolute Gasteiger partial charge is 0.134 e. The molecule has 0 bridgehead atoms. The van der Waals surface area contributed by atoms with Crippen molar-refractivity contribution in [3.63, 3.8) is 0 Å². The van der Waals surface area contributed by atoms with Gasteiger partial charge in [-0.1, -0.05) is 102 Å². The van der Waals surface area contributed by atoms with Crippen LogP contribution in [0.15, 0.2) is 89.4 Å². The van der Waals surface area contributed by atoms with E-state index in [-0.39, 0.29) is 17.0 Å². The van der Waals surface area contributed by atoms with E-state index in [0.717, 1.165) is 43.8 Å². The zero-order valence-electron chi connectivity index (χ0n) is 22.4. The van der Waals surface area contributed by atoms with Gasteiger partial charge in [0.2, 0.25) is 0 Å². The number of anilines is 3. The Hall–Kier alpha value is -3.24. The first-order chi connectivity index (χ1) is 17.5. The number of phenols is 1. The number of phenolic OH excluding ortho intramolecular Hbond substituents is 1. The molecule has 0 radical (unpaired) electrons. The average Bonchev–Trinajstić information content (AvgIpc) is 3.24. The topological polar surface area (TPSA) is 35.5 Å². The number of halogens is 1. The minimum atomic E-state index is -0.290. The van der Waals surface area contributed by atoms with E-state index in [9.17, 15) is 5.11 Å². The third-order valence-electron chi connectivity index (χ3n) is 7.15. The van der Waals surface area contributed by atoms with Crippen molar-refractivity contribution in [1.29, 1.82) is 0 Å². The number of nitrogens with zero attached hydrogens (tertiary/aromatic N) is 1. The Labute approximate surface area is 229 Å². The molecule has 1 unspecified atom stereocenters. The molecule has 37 heavy (non-hydrogen) atoms. The highest BCUT2D eigenvalue weighted by molar-refractivity contribution is 9.10. The zero-order valence-corrected chi connectivity index (χ0v) is 24.0. The Morgan fingerprint density at radius 2 is 1.41 bits per heavy atom. The number of aromatic hydroxyl groups is 1. The fraction of sp³-hybridized carbons (Fsp3) is 0.273. The van der Waals surface area contributed by atoms with E-state index < -0.39 is 0 Å². The van der Waals surface area contributed by atoms with Gasteiger partial charge in [0.15, 0.2) is 0 Å². The van der Waals surface area contributed by atoms with Crippen LogP contribution in [-0.2, 0) is 10.8 Å². The molecule has 4 aromatic rings. The van der Waals surface area contributed by atoms with Gasteiger partial charge >= 0.3 is 0 Å². The molecule has 0 aromatic heterocycles. The maximum atomic E-state index is 11.8. The van der Waals surface area contributed by atoms with Gasteiger partial charge in [0, 0.05) is 15.6 Å². The lowest BCUT2D eigenvalue weighted by Crippen LogP contribution is -2.26. The lowest BCUT2D eigenvalue weighted by molar-refractivity contribution is 0.435. The highest BCUT2D eigenvalue weighted by Crippen LogP contribution is 2.53. The summed E-state index contributed by atoms with van der Waals surface area (Å²) in [5.74, 6) is 0.351. The Morgan fingerprint density at radius 3 is 2.08 bits per heavy atom. The number of hydrogen-bond acceptors (Lipinski definition) is 3. The quantitative estimate of drug-likeness (QED) is 0.264. The van der Waals surface area contributed by atoms with E-state index >= 15 is 0 Å². The Kier molecular flexibility index (Phi) is 6.35. The molecule has 4 heteroatoms. The first-order valence-electron chi connectivity index (χ1n) is 12.8. The molecule has 5 rings (SSSR count). The minimum absolute atomic E-state index is 0.0682. The van der Waals surface area contributed by atoms with Crippen LogP contribution in [0.2, 0.25) is 0 Å². The largest absolute Gasteiger partial charge is 0.507 e. The predicted molar refractivity (Wildman–Crippen MR) is 160 cm³/mol. The monoisotopic (exact) mass is 554 g/mol. The first-order valence-corrected chi connectivity index (χ1v) is 13.6. The van der Waals surface area contributed by atoms with Crippen molar-refractivity contribution in [2.75, 3.05) is 10.2 Å². The van der Waals surface area contributed by atoms with Crippen molar-refractivity contribution >= 4 is 33.0 Å². The number of hydrogen-bond donors (Lipinski definition) is 2. The Balaban J connectivity index is 1.79. The average molecular weight is 556 g/mol. The van der Waals surface area contributed by atoms with Crippen molar-refractivity contribution in [2.24, 2.45) is 0 Å². The summed E-state index contributed by atoms with van der Waals surface area (Å²) in [4.78, 5) is 2.33. The molecule has 190 valence electrons. The molecule has 1 aliphatic rings. The zero-order chi connectivity index (χ0) is 26.5. The molecule has 1 heterocycles. The van der Waals surface area contributed by atoms with Gasteiger partial charge in [0.25, 0.3) is 0 Å². The molecule has 0 amide bonds.